The molecule has 2 heterocycles. The molecule has 0 aromatic heterocycles. The van der Waals surface area contributed by atoms with E-state index in [1.54, 1.807) is 6.92 Å². The van der Waals surface area contributed by atoms with Crippen LogP contribution in [-0.4, -0.2) is 73.0 Å². The maximum atomic E-state index is 11.3. The first kappa shape index (κ1) is 15.8. The van der Waals surface area contributed by atoms with Gasteiger partial charge in [0.2, 0.25) is 5.91 Å². The highest BCUT2D eigenvalue weighted by Gasteiger charge is 2.23. The van der Waals surface area contributed by atoms with E-state index in [1.807, 2.05) is 4.90 Å². The SMILES string of the molecule is CC(=O)N1CCN(CCN2CCC(C(C)C)CC2)CC1. The van der Waals surface area contributed by atoms with Crippen molar-refractivity contribution in [2.24, 2.45) is 11.8 Å². The zero-order valence-electron chi connectivity index (χ0n) is 13.5. The third-order valence-electron chi connectivity index (χ3n) is 5.13. The Morgan fingerprint density at radius 3 is 1.90 bits per heavy atom. The lowest BCUT2D eigenvalue weighted by Gasteiger charge is -2.37. The minimum absolute atomic E-state index is 0.223. The lowest BCUT2D eigenvalue weighted by Crippen LogP contribution is -2.50. The molecule has 0 aromatic carbocycles. The van der Waals surface area contributed by atoms with Crippen LogP contribution in [0, 0.1) is 11.8 Å². The molecular formula is C16H31N3O. The van der Waals surface area contributed by atoms with Crippen molar-refractivity contribution in [3.63, 3.8) is 0 Å². The molecule has 0 bridgehead atoms. The van der Waals surface area contributed by atoms with Gasteiger partial charge in [-0.25, -0.2) is 0 Å². The largest absolute Gasteiger partial charge is 0.340 e. The lowest BCUT2D eigenvalue weighted by molar-refractivity contribution is -0.130. The van der Waals surface area contributed by atoms with Gasteiger partial charge in [-0.05, 0) is 37.8 Å². The van der Waals surface area contributed by atoms with Crippen molar-refractivity contribution < 1.29 is 4.79 Å². The maximum Gasteiger partial charge on any atom is 0.219 e. The number of nitrogens with zero attached hydrogens (tertiary/aromatic N) is 3. The highest BCUT2D eigenvalue weighted by Crippen LogP contribution is 2.24. The van der Waals surface area contributed by atoms with Crippen molar-refractivity contribution in [2.75, 3.05) is 52.4 Å². The summed E-state index contributed by atoms with van der Waals surface area (Å²) < 4.78 is 0. The molecule has 0 aromatic rings. The maximum absolute atomic E-state index is 11.3. The Kier molecular flexibility index (Phi) is 5.85. The van der Waals surface area contributed by atoms with Gasteiger partial charge in [0.05, 0.1) is 0 Å². The molecule has 0 N–H and O–H groups in total. The first-order valence-corrected chi connectivity index (χ1v) is 8.26. The number of carbonyl (C=O) groups excluding carboxylic acids is 1. The topological polar surface area (TPSA) is 26.8 Å². The highest BCUT2D eigenvalue weighted by atomic mass is 16.2. The van der Waals surface area contributed by atoms with Gasteiger partial charge >= 0.3 is 0 Å². The van der Waals surface area contributed by atoms with Gasteiger partial charge in [0.25, 0.3) is 0 Å². The molecule has 2 aliphatic rings. The third kappa shape index (κ3) is 4.45. The van der Waals surface area contributed by atoms with E-state index in [1.165, 1.54) is 32.5 Å². The van der Waals surface area contributed by atoms with Gasteiger partial charge in [-0.3, -0.25) is 9.69 Å². The van der Waals surface area contributed by atoms with E-state index in [0.717, 1.165) is 44.6 Å². The fourth-order valence-corrected chi connectivity index (χ4v) is 3.41. The van der Waals surface area contributed by atoms with E-state index in [4.69, 9.17) is 0 Å². The number of likely N-dealkylation sites (tertiary alicyclic amines) is 1. The van der Waals surface area contributed by atoms with Gasteiger partial charge in [-0.1, -0.05) is 13.8 Å². The summed E-state index contributed by atoms with van der Waals surface area (Å²) in [4.78, 5) is 18.4. The minimum atomic E-state index is 0.223. The number of piperazine rings is 1. The molecule has 0 radical (unpaired) electrons. The molecule has 20 heavy (non-hydrogen) atoms. The van der Waals surface area contributed by atoms with Gasteiger partial charge in [0.15, 0.2) is 0 Å². The van der Waals surface area contributed by atoms with E-state index in [2.05, 4.69) is 23.6 Å². The van der Waals surface area contributed by atoms with Crippen LogP contribution in [0.15, 0.2) is 0 Å². The minimum Gasteiger partial charge on any atom is -0.340 e. The zero-order chi connectivity index (χ0) is 14.5. The highest BCUT2D eigenvalue weighted by molar-refractivity contribution is 5.73. The standard InChI is InChI=1S/C16H31N3O/c1-14(2)16-4-6-17(7-5-16)8-9-18-10-12-19(13-11-18)15(3)20/h14,16H,4-13H2,1-3H3. The van der Waals surface area contributed by atoms with Crippen LogP contribution in [-0.2, 0) is 4.79 Å². The van der Waals surface area contributed by atoms with Crippen LogP contribution in [0.3, 0.4) is 0 Å². The summed E-state index contributed by atoms with van der Waals surface area (Å²) in [5.41, 5.74) is 0. The molecule has 0 aliphatic carbocycles. The van der Waals surface area contributed by atoms with E-state index in [0.29, 0.717) is 0 Å². The summed E-state index contributed by atoms with van der Waals surface area (Å²) in [6.07, 6.45) is 2.74. The smallest absolute Gasteiger partial charge is 0.219 e. The summed E-state index contributed by atoms with van der Waals surface area (Å²) >= 11 is 0. The number of rotatable bonds is 4. The van der Waals surface area contributed by atoms with Crippen LogP contribution < -0.4 is 0 Å². The van der Waals surface area contributed by atoms with Crippen LogP contribution in [0.5, 0.6) is 0 Å². The fraction of sp³-hybridized carbons (Fsp3) is 0.938. The van der Waals surface area contributed by atoms with Crippen LogP contribution in [0.25, 0.3) is 0 Å². The molecule has 2 aliphatic heterocycles. The normalized spacial score (nSPS) is 23.5. The van der Waals surface area contributed by atoms with E-state index in [9.17, 15) is 4.79 Å². The van der Waals surface area contributed by atoms with Crippen molar-refractivity contribution in [2.45, 2.75) is 33.6 Å². The summed E-state index contributed by atoms with van der Waals surface area (Å²) in [6.45, 7) is 15.2. The molecule has 0 saturated carbocycles. The van der Waals surface area contributed by atoms with Crippen LogP contribution in [0.1, 0.15) is 33.6 Å². The molecule has 0 atom stereocenters. The average Bonchev–Trinajstić information content (AvgIpc) is 2.46. The van der Waals surface area contributed by atoms with Crippen molar-refractivity contribution in [3.05, 3.63) is 0 Å². The second-order valence-electron chi connectivity index (χ2n) is 6.77. The van der Waals surface area contributed by atoms with Gasteiger partial charge < -0.3 is 9.80 Å². The molecule has 0 unspecified atom stereocenters. The molecule has 4 heteroatoms. The van der Waals surface area contributed by atoms with E-state index >= 15 is 0 Å². The molecule has 4 nitrogen and oxygen atoms in total. The van der Waals surface area contributed by atoms with Crippen molar-refractivity contribution >= 4 is 5.91 Å². The predicted octanol–water partition coefficient (Wildman–Crippen LogP) is 1.52. The molecular weight excluding hydrogens is 250 g/mol. The second kappa shape index (κ2) is 7.41. The monoisotopic (exact) mass is 281 g/mol. The van der Waals surface area contributed by atoms with Gasteiger partial charge in [-0.15, -0.1) is 0 Å². The van der Waals surface area contributed by atoms with E-state index in [-0.39, 0.29) is 5.91 Å². The van der Waals surface area contributed by atoms with Gasteiger partial charge in [-0.2, -0.15) is 0 Å². The van der Waals surface area contributed by atoms with Crippen molar-refractivity contribution in [1.82, 2.24) is 14.7 Å². The first-order chi connectivity index (χ1) is 9.56. The number of hydrogen-bond donors (Lipinski definition) is 0. The summed E-state index contributed by atoms with van der Waals surface area (Å²) in [7, 11) is 0. The quantitative estimate of drug-likeness (QED) is 0.782. The Morgan fingerprint density at radius 2 is 1.45 bits per heavy atom. The number of amides is 1. The van der Waals surface area contributed by atoms with Crippen molar-refractivity contribution in [1.29, 1.82) is 0 Å². The molecule has 1 amide bonds. The predicted molar refractivity (Wildman–Crippen MR) is 82.7 cm³/mol. The number of carbonyl (C=O) groups is 1. The Labute approximate surface area is 124 Å². The van der Waals surface area contributed by atoms with E-state index < -0.39 is 0 Å². The third-order valence-corrected chi connectivity index (χ3v) is 5.13. The molecule has 0 spiro atoms. The van der Waals surface area contributed by atoms with Crippen LogP contribution >= 0.6 is 0 Å². The number of piperidine rings is 1. The summed E-state index contributed by atoms with van der Waals surface area (Å²) in [5.74, 6) is 2.00. The Balaban J connectivity index is 1.61. The summed E-state index contributed by atoms with van der Waals surface area (Å²) in [6, 6.07) is 0. The Hall–Kier alpha value is -0.610. The second-order valence-corrected chi connectivity index (χ2v) is 6.77. The molecule has 2 fully saturated rings. The van der Waals surface area contributed by atoms with Crippen LogP contribution in [0.4, 0.5) is 0 Å². The van der Waals surface area contributed by atoms with Gasteiger partial charge in [0, 0.05) is 46.2 Å². The zero-order valence-corrected chi connectivity index (χ0v) is 13.5. The van der Waals surface area contributed by atoms with Crippen molar-refractivity contribution in [3.8, 4) is 0 Å². The molecule has 116 valence electrons. The number of hydrogen-bond acceptors (Lipinski definition) is 3. The molecule has 2 rings (SSSR count). The Bertz CT molecular complexity index is 303. The van der Waals surface area contributed by atoms with Gasteiger partial charge in [0.1, 0.15) is 0 Å². The Morgan fingerprint density at radius 1 is 0.950 bits per heavy atom. The lowest BCUT2D eigenvalue weighted by atomic mass is 9.87. The van der Waals surface area contributed by atoms with Crippen LogP contribution in [0.2, 0.25) is 0 Å². The first-order valence-electron chi connectivity index (χ1n) is 8.26. The fourth-order valence-electron chi connectivity index (χ4n) is 3.41. The average molecular weight is 281 g/mol. The molecule has 2 saturated heterocycles. The summed E-state index contributed by atoms with van der Waals surface area (Å²) in [5, 5.41) is 0.